The summed E-state index contributed by atoms with van der Waals surface area (Å²) in [5.74, 6) is 0.645. The minimum atomic E-state index is -3.18. The first-order valence-electron chi connectivity index (χ1n) is 7.62. The average Bonchev–Trinajstić information content (AvgIpc) is 2.50. The predicted molar refractivity (Wildman–Crippen MR) is 89.1 cm³/mol. The molecule has 23 heavy (non-hydrogen) atoms. The number of nitrogens with zero attached hydrogens (tertiary/aromatic N) is 2. The van der Waals surface area contributed by atoms with E-state index in [0.717, 1.165) is 22.4 Å². The summed E-state index contributed by atoms with van der Waals surface area (Å²) >= 11 is 0. The van der Waals surface area contributed by atoms with Crippen molar-refractivity contribution in [1.29, 1.82) is 0 Å². The topological polar surface area (TPSA) is 66.9 Å². The van der Waals surface area contributed by atoms with E-state index in [4.69, 9.17) is 4.74 Å². The molecule has 0 aliphatic carbocycles. The third-order valence-corrected chi connectivity index (χ3v) is 5.58. The third-order valence-electron chi connectivity index (χ3n) is 4.27. The lowest BCUT2D eigenvalue weighted by Crippen LogP contribution is -2.51. The van der Waals surface area contributed by atoms with Crippen molar-refractivity contribution >= 4 is 15.9 Å². The van der Waals surface area contributed by atoms with Crippen LogP contribution in [0.3, 0.4) is 0 Å². The maximum Gasteiger partial charge on any atom is 0.260 e. The standard InChI is InChI=1S/C16H24N2O4S/c1-12-5-6-13(2)16(14(12)3)22-11-15(19)17-7-9-18(10-8-17)23(4,20)21/h5-6H,7-11H2,1-4H3. The number of carbonyl (C=O) groups excluding carboxylic acids is 1. The molecule has 0 aromatic heterocycles. The van der Waals surface area contributed by atoms with Crippen LogP contribution in [0.15, 0.2) is 12.1 Å². The van der Waals surface area contributed by atoms with Crippen molar-refractivity contribution in [1.82, 2.24) is 9.21 Å². The molecule has 0 spiro atoms. The minimum absolute atomic E-state index is 0.0238. The second kappa shape index (κ2) is 6.88. The Hall–Kier alpha value is -1.60. The highest BCUT2D eigenvalue weighted by Crippen LogP contribution is 2.25. The van der Waals surface area contributed by atoms with Crippen molar-refractivity contribution in [2.24, 2.45) is 0 Å². The molecule has 2 rings (SSSR count). The van der Waals surface area contributed by atoms with E-state index in [1.165, 1.54) is 10.6 Å². The van der Waals surface area contributed by atoms with E-state index in [1.54, 1.807) is 4.90 Å². The highest BCUT2D eigenvalue weighted by Gasteiger charge is 2.26. The van der Waals surface area contributed by atoms with Crippen molar-refractivity contribution in [3.8, 4) is 5.75 Å². The van der Waals surface area contributed by atoms with E-state index in [-0.39, 0.29) is 12.5 Å². The van der Waals surface area contributed by atoms with Crippen molar-refractivity contribution < 1.29 is 17.9 Å². The molecule has 1 aliphatic heterocycles. The van der Waals surface area contributed by atoms with Crippen LogP contribution in [0.5, 0.6) is 5.75 Å². The Kier molecular flexibility index (Phi) is 5.31. The Balaban J connectivity index is 1.93. The summed E-state index contributed by atoms with van der Waals surface area (Å²) in [6.07, 6.45) is 1.19. The number of piperazine rings is 1. The summed E-state index contributed by atoms with van der Waals surface area (Å²) in [5, 5.41) is 0. The first-order chi connectivity index (χ1) is 10.7. The number of aryl methyl sites for hydroxylation is 2. The van der Waals surface area contributed by atoms with Crippen LogP contribution in [-0.4, -0.2) is 62.6 Å². The zero-order chi connectivity index (χ0) is 17.2. The molecule has 1 saturated heterocycles. The highest BCUT2D eigenvalue weighted by atomic mass is 32.2. The lowest BCUT2D eigenvalue weighted by molar-refractivity contribution is -0.134. The Morgan fingerprint density at radius 1 is 1.09 bits per heavy atom. The molecule has 0 saturated carbocycles. The van der Waals surface area contributed by atoms with Gasteiger partial charge in [0.05, 0.1) is 6.26 Å². The largest absolute Gasteiger partial charge is 0.483 e. The number of rotatable bonds is 4. The molecule has 128 valence electrons. The summed E-state index contributed by atoms with van der Waals surface area (Å²) in [6, 6.07) is 4.01. The van der Waals surface area contributed by atoms with Gasteiger partial charge in [0.25, 0.3) is 5.91 Å². The van der Waals surface area contributed by atoms with Crippen LogP contribution in [0.25, 0.3) is 0 Å². The number of hydrogen-bond donors (Lipinski definition) is 0. The fraction of sp³-hybridized carbons (Fsp3) is 0.562. The molecule has 0 atom stereocenters. The van der Waals surface area contributed by atoms with Gasteiger partial charge in [-0.1, -0.05) is 12.1 Å². The molecule has 6 nitrogen and oxygen atoms in total. The fourth-order valence-corrected chi connectivity index (χ4v) is 3.47. The number of benzene rings is 1. The smallest absolute Gasteiger partial charge is 0.260 e. The molecular formula is C16H24N2O4S. The van der Waals surface area contributed by atoms with Gasteiger partial charge in [-0.15, -0.1) is 0 Å². The van der Waals surface area contributed by atoms with Crippen LogP contribution in [0.1, 0.15) is 16.7 Å². The summed E-state index contributed by atoms with van der Waals surface area (Å²) in [6.45, 7) is 7.41. The van der Waals surface area contributed by atoms with Gasteiger partial charge in [-0.2, -0.15) is 4.31 Å². The highest BCUT2D eigenvalue weighted by molar-refractivity contribution is 7.88. The van der Waals surface area contributed by atoms with Crippen LogP contribution in [0.2, 0.25) is 0 Å². The monoisotopic (exact) mass is 340 g/mol. The lowest BCUT2D eigenvalue weighted by Gasteiger charge is -2.33. The summed E-state index contributed by atoms with van der Waals surface area (Å²) < 4.78 is 30.1. The maximum atomic E-state index is 12.3. The molecular weight excluding hydrogens is 316 g/mol. The summed E-state index contributed by atoms with van der Waals surface area (Å²) in [5.41, 5.74) is 3.17. The van der Waals surface area contributed by atoms with E-state index in [2.05, 4.69) is 0 Å². The van der Waals surface area contributed by atoms with Gasteiger partial charge in [0.1, 0.15) is 5.75 Å². The van der Waals surface area contributed by atoms with Gasteiger partial charge in [0, 0.05) is 26.2 Å². The minimum Gasteiger partial charge on any atom is -0.483 e. The average molecular weight is 340 g/mol. The molecule has 0 radical (unpaired) electrons. The third kappa shape index (κ3) is 4.23. The Bertz CT molecular complexity index is 692. The number of hydrogen-bond acceptors (Lipinski definition) is 4. The van der Waals surface area contributed by atoms with E-state index >= 15 is 0 Å². The molecule has 1 aliphatic rings. The van der Waals surface area contributed by atoms with Gasteiger partial charge in [-0.05, 0) is 37.5 Å². The van der Waals surface area contributed by atoms with Crippen LogP contribution >= 0.6 is 0 Å². The first-order valence-corrected chi connectivity index (χ1v) is 9.47. The van der Waals surface area contributed by atoms with E-state index < -0.39 is 10.0 Å². The fourth-order valence-electron chi connectivity index (χ4n) is 2.64. The van der Waals surface area contributed by atoms with Crippen molar-refractivity contribution in [3.63, 3.8) is 0 Å². The van der Waals surface area contributed by atoms with Crippen LogP contribution in [0, 0.1) is 20.8 Å². The number of amides is 1. The molecule has 1 aromatic carbocycles. The summed E-state index contributed by atoms with van der Waals surface area (Å²) in [7, 11) is -3.18. The first kappa shape index (κ1) is 17.7. The van der Waals surface area contributed by atoms with Crippen molar-refractivity contribution in [2.45, 2.75) is 20.8 Å². The predicted octanol–water partition coefficient (Wildman–Crippen LogP) is 1.09. The summed E-state index contributed by atoms with van der Waals surface area (Å²) in [4.78, 5) is 13.9. The zero-order valence-corrected chi connectivity index (χ0v) is 14.9. The van der Waals surface area contributed by atoms with E-state index in [0.29, 0.717) is 26.2 Å². The zero-order valence-electron chi connectivity index (χ0n) is 14.1. The second-order valence-electron chi connectivity index (χ2n) is 5.98. The van der Waals surface area contributed by atoms with Gasteiger partial charge < -0.3 is 9.64 Å². The van der Waals surface area contributed by atoms with Gasteiger partial charge in [0.2, 0.25) is 10.0 Å². The Labute approximate surface area is 138 Å². The van der Waals surface area contributed by atoms with E-state index in [9.17, 15) is 13.2 Å². The molecule has 1 fully saturated rings. The molecule has 0 bridgehead atoms. The van der Waals surface area contributed by atoms with Gasteiger partial charge in [-0.25, -0.2) is 8.42 Å². The van der Waals surface area contributed by atoms with Crippen molar-refractivity contribution in [2.75, 3.05) is 39.0 Å². The molecule has 1 heterocycles. The molecule has 0 unspecified atom stereocenters. The van der Waals surface area contributed by atoms with Gasteiger partial charge >= 0.3 is 0 Å². The molecule has 7 heteroatoms. The Morgan fingerprint density at radius 2 is 1.65 bits per heavy atom. The van der Waals surface area contributed by atoms with Crippen LogP contribution < -0.4 is 4.74 Å². The van der Waals surface area contributed by atoms with Crippen LogP contribution in [-0.2, 0) is 14.8 Å². The number of carbonyl (C=O) groups is 1. The van der Waals surface area contributed by atoms with Gasteiger partial charge in [0.15, 0.2) is 6.61 Å². The Morgan fingerprint density at radius 3 is 2.22 bits per heavy atom. The second-order valence-corrected chi connectivity index (χ2v) is 7.97. The lowest BCUT2D eigenvalue weighted by atomic mass is 10.1. The molecule has 1 aromatic rings. The quantitative estimate of drug-likeness (QED) is 0.823. The molecule has 1 amide bonds. The van der Waals surface area contributed by atoms with Crippen molar-refractivity contribution in [3.05, 3.63) is 28.8 Å². The van der Waals surface area contributed by atoms with E-state index in [1.807, 2.05) is 32.9 Å². The number of sulfonamides is 1. The molecule has 0 N–H and O–H groups in total. The van der Waals surface area contributed by atoms with Gasteiger partial charge in [-0.3, -0.25) is 4.79 Å². The number of ether oxygens (including phenoxy) is 1. The maximum absolute atomic E-state index is 12.3. The SMILES string of the molecule is Cc1ccc(C)c(OCC(=O)N2CCN(S(C)(=O)=O)CC2)c1C. The normalized spacial score (nSPS) is 16.4. The van der Waals surface area contributed by atoms with Crippen LogP contribution in [0.4, 0.5) is 0 Å².